The second-order valence-corrected chi connectivity index (χ2v) is 8.85. The quantitative estimate of drug-likeness (QED) is 0.508. The summed E-state index contributed by atoms with van der Waals surface area (Å²) in [6, 6.07) is 10.3. The summed E-state index contributed by atoms with van der Waals surface area (Å²) >= 11 is 13.0. The number of hydrogen-bond acceptors (Lipinski definition) is 6. The Kier molecular flexibility index (Phi) is 4.25. The first-order chi connectivity index (χ1) is 13.1. The number of nitrogens with two attached hydrogens (primary N) is 2. The van der Waals surface area contributed by atoms with E-state index in [2.05, 4.69) is 10.1 Å². The number of nitrogens with zero attached hydrogens (tertiary/aromatic N) is 4. The monoisotopic (exact) mass is 436 g/mol. The van der Waals surface area contributed by atoms with Gasteiger partial charge in [-0.15, -0.1) is 5.10 Å². The molecule has 4 rings (SSSR count). The number of halogens is 2. The van der Waals surface area contributed by atoms with Crippen LogP contribution in [0.5, 0.6) is 0 Å². The molecule has 28 heavy (non-hydrogen) atoms. The van der Waals surface area contributed by atoms with Crippen LogP contribution in [-0.4, -0.2) is 33.4 Å². The van der Waals surface area contributed by atoms with Crippen LogP contribution < -0.4 is 11.5 Å². The molecule has 2 aromatic heterocycles. The van der Waals surface area contributed by atoms with Gasteiger partial charge in [-0.3, -0.25) is 0 Å². The molecule has 0 amide bonds. The van der Waals surface area contributed by atoms with Crippen molar-refractivity contribution in [1.29, 1.82) is 0 Å². The van der Waals surface area contributed by atoms with Crippen molar-refractivity contribution in [2.24, 2.45) is 0 Å². The van der Waals surface area contributed by atoms with Gasteiger partial charge in [0, 0.05) is 17.1 Å². The zero-order chi connectivity index (χ0) is 20.2. The van der Waals surface area contributed by atoms with Crippen molar-refractivity contribution in [3.05, 3.63) is 52.6 Å². The highest BCUT2D eigenvalue weighted by molar-refractivity contribution is 7.89. The van der Waals surface area contributed by atoms with Gasteiger partial charge in [0.25, 0.3) is 0 Å². The zero-order valence-electron chi connectivity index (χ0n) is 14.5. The van der Waals surface area contributed by atoms with E-state index in [0.29, 0.717) is 26.8 Å². The molecule has 0 radical (unpaired) electrons. The van der Waals surface area contributed by atoms with Gasteiger partial charge in [-0.25, -0.2) is 12.4 Å². The Morgan fingerprint density at radius 2 is 1.71 bits per heavy atom. The lowest BCUT2D eigenvalue weighted by atomic mass is 10.0. The Balaban J connectivity index is 1.84. The van der Waals surface area contributed by atoms with Crippen LogP contribution in [-0.2, 0) is 10.0 Å². The lowest BCUT2D eigenvalue weighted by Crippen LogP contribution is -2.07. The fraction of sp³-hybridized carbons (Fsp3) is 0.0588. The molecule has 144 valence electrons. The summed E-state index contributed by atoms with van der Waals surface area (Å²) in [5, 5.41) is 5.50. The van der Waals surface area contributed by atoms with Crippen molar-refractivity contribution in [2.75, 3.05) is 17.7 Å². The molecule has 0 aliphatic heterocycles. The highest BCUT2D eigenvalue weighted by Crippen LogP contribution is 2.38. The minimum absolute atomic E-state index is 0.0367. The van der Waals surface area contributed by atoms with Crippen molar-refractivity contribution in [2.45, 2.75) is 0 Å². The fourth-order valence-electron chi connectivity index (χ4n) is 3.05. The Morgan fingerprint density at radius 1 is 1.04 bits per heavy atom. The number of anilines is 2. The van der Waals surface area contributed by atoms with E-state index in [9.17, 15) is 8.42 Å². The van der Waals surface area contributed by atoms with Crippen LogP contribution in [0.3, 0.4) is 0 Å². The predicted molar refractivity (Wildman–Crippen MR) is 111 cm³/mol. The average Bonchev–Trinajstić information content (AvgIpc) is 3.16. The molecular weight excluding hydrogens is 423 g/mol. The van der Waals surface area contributed by atoms with Gasteiger partial charge in [-0.05, 0) is 35.9 Å². The maximum Gasteiger partial charge on any atom is 0.241 e. The van der Waals surface area contributed by atoms with E-state index in [4.69, 9.17) is 34.7 Å². The van der Waals surface area contributed by atoms with E-state index in [-0.39, 0.29) is 11.9 Å². The summed E-state index contributed by atoms with van der Waals surface area (Å²) in [4.78, 5) is 3.85. The summed E-state index contributed by atoms with van der Waals surface area (Å²) in [5.74, 6) is 0.149. The molecule has 0 atom stereocenters. The molecule has 0 saturated heterocycles. The van der Waals surface area contributed by atoms with Crippen molar-refractivity contribution in [3.8, 4) is 16.8 Å². The first kappa shape index (κ1) is 18.6. The smallest absolute Gasteiger partial charge is 0.241 e. The van der Waals surface area contributed by atoms with Gasteiger partial charge in [-0.1, -0.05) is 29.3 Å². The van der Waals surface area contributed by atoms with Gasteiger partial charge in [0.15, 0.2) is 0 Å². The molecule has 0 bridgehead atoms. The zero-order valence-corrected chi connectivity index (χ0v) is 16.8. The highest BCUT2D eigenvalue weighted by atomic mass is 35.5. The summed E-state index contributed by atoms with van der Waals surface area (Å²) in [6.45, 7) is 0. The van der Waals surface area contributed by atoms with Crippen molar-refractivity contribution < 1.29 is 8.42 Å². The predicted octanol–water partition coefficient (Wildman–Crippen LogP) is 3.17. The maximum atomic E-state index is 11.9. The van der Waals surface area contributed by atoms with E-state index in [1.165, 1.54) is 14.9 Å². The largest absolute Gasteiger partial charge is 0.368 e. The van der Waals surface area contributed by atoms with Crippen LogP contribution >= 0.6 is 23.2 Å². The van der Waals surface area contributed by atoms with Gasteiger partial charge < -0.3 is 11.5 Å². The molecule has 0 aliphatic carbocycles. The molecule has 0 unspecified atom stereocenters. The van der Waals surface area contributed by atoms with E-state index in [0.717, 1.165) is 17.2 Å². The number of rotatable bonds is 3. The number of hydrogen-bond donors (Lipinski definition) is 2. The Morgan fingerprint density at radius 3 is 2.29 bits per heavy atom. The second kappa shape index (κ2) is 6.40. The third-order valence-electron chi connectivity index (χ3n) is 4.22. The van der Waals surface area contributed by atoms with Crippen LogP contribution in [0.25, 0.3) is 27.7 Å². The van der Waals surface area contributed by atoms with Gasteiger partial charge in [-0.2, -0.15) is 9.67 Å². The van der Waals surface area contributed by atoms with Gasteiger partial charge >= 0.3 is 0 Å². The Hall–Kier alpha value is -2.75. The first-order valence-corrected chi connectivity index (χ1v) is 10.5. The van der Waals surface area contributed by atoms with E-state index in [1.807, 2.05) is 6.07 Å². The lowest BCUT2D eigenvalue weighted by Gasteiger charge is -2.11. The van der Waals surface area contributed by atoms with Crippen molar-refractivity contribution >= 4 is 56.0 Å². The van der Waals surface area contributed by atoms with Gasteiger partial charge in [0.2, 0.25) is 21.9 Å². The first-order valence-electron chi connectivity index (χ1n) is 7.94. The van der Waals surface area contributed by atoms with Crippen molar-refractivity contribution in [1.82, 2.24) is 18.7 Å². The number of benzene rings is 2. The Bertz CT molecular complexity index is 1320. The number of fused-ring (bicyclic) bond motifs is 1. The molecule has 0 saturated carbocycles. The summed E-state index contributed by atoms with van der Waals surface area (Å²) in [6.07, 6.45) is 2.66. The standard InChI is InChI=1S/C17H14Cl2N6O2S/c1-28(26,27)24-5-4-9-6-10(2-3-14(9)24)15-12(18)7-11(8-13(15)19)25-17(21)22-16(20)23-25/h2-8H,1H3,(H4,20,21,22,23). The molecule has 4 N–H and O–H groups in total. The molecule has 2 heterocycles. The van der Waals surface area contributed by atoms with Crippen LogP contribution in [0.1, 0.15) is 0 Å². The second-order valence-electron chi connectivity index (χ2n) is 6.17. The molecule has 8 nitrogen and oxygen atoms in total. The summed E-state index contributed by atoms with van der Waals surface area (Å²) in [5.41, 5.74) is 13.8. The van der Waals surface area contributed by atoms with Crippen molar-refractivity contribution in [3.63, 3.8) is 0 Å². The van der Waals surface area contributed by atoms with Crippen LogP contribution in [0.2, 0.25) is 10.0 Å². The number of nitrogen functional groups attached to an aromatic ring is 2. The highest BCUT2D eigenvalue weighted by Gasteiger charge is 2.16. The molecule has 11 heteroatoms. The van der Waals surface area contributed by atoms with Crippen LogP contribution in [0, 0.1) is 0 Å². The van der Waals surface area contributed by atoms with E-state index >= 15 is 0 Å². The van der Waals surface area contributed by atoms with Crippen LogP contribution in [0.4, 0.5) is 11.9 Å². The average molecular weight is 437 g/mol. The fourth-order valence-corrected chi connectivity index (χ4v) is 4.55. The SMILES string of the molecule is CS(=O)(=O)n1ccc2cc(-c3c(Cl)cc(-n4nc(N)nc4N)cc3Cl)ccc21. The molecule has 0 fully saturated rings. The van der Waals surface area contributed by atoms with Crippen LogP contribution in [0.15, 0.2) is 42.6 Å². The van der Waals surface area contributed by atoms with E-state index < -0.39 is 10.0 Å². The molecule has 0 spiro atoms. The molecule has 2 aromatic carbocycles. The lowest BCUT2D eigenvalue weighted by molar-refractivity contribution is 0.595. The van der Waals surface area contributed by atoms with Gasteiger partial charge in [0.05, 0.1) is 27.5 Å². The molecule has 0 aliphatic rings. The third kappa shape index (κ3) is 3.07. The third-order valence-corrected chi connectivity index (χ3v) is 5.85. The molecule has 4 aromatic rings. The van der Waals surface area contributed by atoms with Gasteiger partial charge in [0.1, 0.15) is 0 Å². The Labute approximate surface area is 170 Å². The topological polar surface area (TPSA) is 122 Å². The summed E-state index contributed by atoms with van der Waals surface area (Å²) in [7, 11) is -3.39. The number of aromatic nitrogens is 4. The molecular formula is C17H14Cl2N6O2S. The summed E-state index contributed by atoms with van der Waals surface area (Å²) < 4.78 is 26.3. The maximum absolute atomic E-state index is 11.9. The normalized spacial score (nSPS) is 12.0. The minimum Gasteiger partial charge on any atom is -0.368 e. The van der Waals surface area contributed by atoms with E-state index in [1.54, 1.807) is 30.3 Å². The minimum atomic E-state index is -3.39.